The number of hydrogen-bond acceptors (Lipinski definition) is 3. The Morgan fingerprint density at radius 2 is 1.90 bits per heavy atom. The lowest BCUT2D eigenvalue weighted by Crippen LogP contribution is -2.18. The van der Waals surface area contributed by atoms with E-state index >= 15 is 0 Å². The number of carboxylic acid groups (broad SMARTS) is 1. The fourth-order valence-electron chi connectivity index (χ4n) is 1.19. The lowest BCUT2D eigenvalue weighted by atomic mass is 10.2. The van der Waals surface area contributed by atoms with Gasteiger partial charge in [0.1, 0.15) is 0 Å². The van der Waals surface area contributed by atoms with Crippen molar-refractivity contribution in [1.82, 2.24) is 0 Å². The topological polar surface area (TPSA) is 55.8 Å². The Bertz CT molecular complexity index is 510. The molecule has 1 N–H and O–H groups in total. The number of ether oxygens (including phenoxy) is 2. The smallest absolute Gasteiger partial charge is 0.478 e. The van der Waals surface area contributed by atoms with Crippen LogP contribution in [0, 0.1) is 0 Å². The van der Waals surface area contributed by atoms with Crippen molar-refractivity contribution in [2.45, 2.75) is 13.0 Å². The van der Waals surface area contributed by atoms with Gasteiger partial charge in [-0.25, -0.2) is 4.79 Å². The van der Waals surface area contributed by atoms with Gasteiger partial charge in [-0.1, -0.05) is 6.07 Å². The van der Waals surface area contributed by atoms with Gasteiger partial charge in [0.15, 0.2) is 11.5 Å². The van der Waals surface area contributed by atoms with E-state index in [0.29, 0.717) is 6.08 Å². The van der Waals surface area contributed by atoms with E-state index in [0.717, 1.165) is 24.3 Å². The van der Waals surface area contributed by atoms with Crippen LogP contribution < -0.4 is 9.47 Å². The second kappa shape index (κ2) is 6.22. The van der Waals surface area contributed by atoms with Crippen LogP contribution in [-0.2, 0) is 4.79 Å². The molecule has 0 heterocycles. The zero-order valence-corrected chi connectivity index (χ0v) is 9.53. The molecule has 9 heteroatoms. The van der Waals surface area contributed by atoms with Gasteiger partial charge < -0.3 is 14.6 Å². The minimum Gasteiger partial charge on any atom is -0.478 e. The molecule has 0 saturated heterocycles. The largest absolute Gasteiger partial charge is 0.573 e. The average Bonchev–Trinajstić information content (AvgIpc) is 2.27. The first-order valence-electron chi connectivity index (χ1n) is 4.93. The third-order valence-corrected chi connectivity index (χ3v) is 1.83. The lowest BCUT2D eigenvalue weighted by Gasteiger charge is -2.14. The Morgan fingerprint density at radius 3 is 2.40 bits per heavy atom. The zero-order chi connectivity index (χ0) is 15.3. The molecule has 0 saturated carbocycles. The highest BCUT2D eigenvalue weighted by Crippen LogP contribution is 2.34. The number of carboxylic acids is 1. The van der Waals surface area contributed by atoms with E-state index in [4.69, 9.17) is 5.11 Å². The molecule has 4 nitrogen and oxygen atoms in total. The molecule has 0 amide bonds. The van der Waals surface area contributed by atoms with E-state index in [2.05, 4.69) is 9.47 Å². The van der Waals surface area contributed by atoms with Crippen LogP contribution in [-0.4, -0.2) is 24.0 Å². The summed E-state index contributed by atoms with van der Waals surface area (Å²) in [4.78, 5) is 10.3. The number of rotatable bonds is 5. The summed E-state index contributed by atoms with van der Waals surface area (Å²) in [6, 6.07) is 2.60. The Balaban J connectivity index is 3.09. The van der Waals surface area contributed by atoms with Gasteiger partial charge in [-0.2, -0.15) is 8.78 Å². The first-order valence-corrected chi connectivity index (χ1v) is 4.93. The van der Waals surface area contributed by atoms with Crippen LogP contribution in [0.4, 0.5) is 22.0 Å². The summed E-state index contributed by atoms with van der Waals surface area (Å²) in [5, 5.41) is 8.39. The van der Waals surface area contributed by atoms with Gasteiger partial charge in [0.25, 0.3) is 0 Å². The summed E-state index contributed by atoms with van der Waals surface area (Å²) in [6.45, 7) is -3.36. The Kier molecular flexibility index (Phi) is 4.89. The normalized spacial score (nSPS) is 11.9. The number of benzene rings is 1. The summed E-state index contributed by atoms with van der Waals surface area (Å²) >= 11 is 0. The van der Waals surface area contributed by atoms with Crippen LogP contribution in [0.3, 0.4) is 0 Å². The fraction of sp³-hybridized carbons (Fsp3) is 0.182. The molecule has 0 radical (unpaired) electrons. The molecular weight excluding hydrogens is 291 g/mol. The zero-order valence-electron chi connectivity index (χ0n) is 9.53. The van der Waals surface area contributed by atoms with Gasteiger partial charge in [-0.3, -0.25) is 0 Å². The van der Waals surface area contributed by atoms with E-state index in [1.165, 1.54) is 0 Å². The summed E-state index contributed by atoms with van der Waals surface area (Å²) in [5.41, 5.74) is 0.0533. The van der Waals surface area contributed by atoms with Crippen LogP contribution >= 0.6 is 0 Å². The molecule has 110 valence electrons. The van der Waals surface area contributed by atoms with Crippen LogP contribution in [0.25, 0.3) is 6.08 Å². The van der Waals surface area contributed by atoms with Gasteiger partial charge in [-0.15, -0.1) is 13.2 Å². The monoisotopic (exact) mass is 298 g/mol. The average molecular weight is 298 g/mol. The van der Waals surface area contributed by atoms with Gasteiger partial charge in [0.2, 0.25) is 0 Å². The number of carbonyl (C=O) groups is 1. The number of aliphatic carboxylic acids is 1. The first kappa shape index (κ1) is 15.7. The maximum absolute atomic E-state index is 12.1. The van der Waals surface area contributed by atoms with E-state index in [9.17, 15) is 26.7 Å². The van der Waals surface area contributed by atoms with Crippen molar-refractivity contribution in [1.29, 1.82) is 0 Å². The maximum atomic E-state index is 12.1. The molecule has 0 aliphatic rings. The van der Waals surface area contributed by atoms with Crippen LogP contribution in [0.1, 0.15) is 5.56 Å². The first-order chi connectivity index (χ1) is 9.17. The molecule has 0 bridgehead atoms. The van der Waals surface area contributed by atoms with E-state index in [1.54, 1.807) is 0 Å². The van der Waals surface area contributed by atoms with Crippen molar-refractivity contribution < 1.29 is 41.3 Å². The van der Waals surface area contributed by atoms with E-state index in [-0.39, 0.29) is 5.56 Å². The molecule has 1 aromatic carbocycles. The van der Waals surface area contributed by atoms with Crippen molar-refractivity contribution in [2.24, 2.45) is 0 Å². The molecule has 0 spiro atoms. The third kappa shape index (κ3) is 5.55. The molecule has 0 unspecified atom stereocenters. The summed E-state index contributed by atoms with van der Waals surface area (Å²) in [5.74, 6) is -3.12. The van der Waals surface area contributed by atoms with Crippen LogP contribution in [0.5, 0.6) is 11.5 Å². The number of hydrogen-bond donors (Lipinski definition) is 1. The predicted molar refractivity (Wildman–Crippen MR) is 56.4 cm³/mol. The van der Waals surface area contributed by atoms with Crippen LogP contribution in [0.15, 0.2) is 24.3 Å². The van der Waals surface area contributed by atoms with Gasteiger partial charge in [0, 0.05) is 6.08 Å². The quantitative estimate of drug-likeness (QED) is 0.669. The summed E-state index contributed by atoms with van der Waals surface area (Å²) in [7, 11) is 0. The van der Waals surface area contributed by atoms with E-state index < -0.39 is 30.4 Å². The molecule has 20 heavy (non-hydrogen) atoms. The summed E-state index contributed by atoms with van der Waals surface area (Å²) < 4.78 is 67.8. The Labute approximate surface area is 109 Å². The molecule has 0 aliphatic carbocycles. The highest BCUT2D eigenvalue weighted by Gasteiger charge is 2.32. The fourth-order valence-corrected chi connectivity index (χ4v) is 1.19. The second-order valence-electron chi connectivity index (χ2n) is 3.30. The minimum atomic E-state index is -5.07. The maximum Gasteiger partial charge on any atom is 0.573 e. The highest BCUT2D eigenvalue weighted by atomic mass is 19.4. The van der Waals surface area contributed by atoms with Crippen molar-refractivity contribution in [3.63, 3.8) is 0 Å². The van der Waals surface area contributed by atoms with Crippen LogP contribution in [0.2, 0.25) is 0 Å². The second-order valence-corrected chi connectivity index (χ2v) is 3.30. The molecule has 0 fully saturated rings. The van der Waals surface area contributed by atoms with Crippen molar-refractivity contribution >= 4 is 12.0 Å². The number of alkyl halides is 5. The molecular formula is C11H7F5O4. The molecule has 0 aliphatic heterocycles. The highest BCUT2D eigenvalue weighted by molar-refractivity contribution is 5.85. The van der Waals surface area contributed by atoms with Gasteiger partial charge in [-0.05, 0) is 23.8 Å². The molecule has 0 atom stereocenters. The Morgan fingerprint density at radius 1 is 1.25 bits per heavy atom. The SMILES string of the molecule is O=C(O)/C=C/c1ccc(OC(F)(F)F)c(OC(F)F)c1. The lowest BCUT2D eigenvalue weighted by molar-refractivity contribution is -0.275. The Hall–Kier alpha value is -2.32. The molecule has 1 aromatic rings. The molecule has 0 aromatic heterocycles. The van der Waals surface area contributed by atoms with Gasteiger partial charge in [0.05, 0.1) is 0 Å². The summed E-state index contributed by atoms with van der Waals surface area (Å²) in [6.07, 6.45) is -3.39. The van der Waals surface area contributed by atoms with Crippen molar-refractivity contribution in [3.8, 4) is 11.5 Å². The number of halogens is 5. The van der Waals surface area contributed by atoms with Gasteiger partial charge >= 0.3 is 18.9 Å². The van der Waals surface area contributed by atoms with E-state index in [1.807, 2.05) is 0 Å². The standard InChI is InChI=1S/C11H7F5O4/c12-10(13)19-8-5-6(2-4-9(17)18)1-3-7(8)20-11(14,15)16/h1-5,10H,(H,17,18)/b4-2+. The van der Waals surface area contributed by atoms with Crippen molar-refractivity contribution in [2.75, 3.05) is 0 Å². The molecule has 1 rings (SSSR count). The van der Waals surface area contributed by atoms with Crippen molar-refractivity contribution in [3.05, 3.63) is 29.8 Å². The predicted octanol–water partition coefficient (Wildman–Crippen LogP) is 3.28. The minimum absolute atomic E-state index is 0.0533. The third-order valence-electron chi connectivity index (χ3n) is 1.83.